The Balaban J connectivity index is 1.27. The van der Waals surface area contributed by atoms with Gasteiger partial charge in [-0.05, 0) is 55.7 Å². The number of para-hydroxylation sites is 1. The molecule has 2 N–H and O–H groups in total. The number of nitrogens with zero attached hydrogens (tertiary/aromatic N) is 1. The summed E-state index contributed by atoms with van der Waals surface area (Å²) in [7, 11) is 0. The molecule has 32 heavy (non-hydrogen) atoms. The number of anilines is 2. The normalized spacial score (nSPS) is 23.0. The number of hydrogen-bond donors (Lipinski definition) is 2. The highest BCUT2D eigenvalue weighted by Crippen LogP contribution is 2.27. The van der Waals surface area contributed by atoms with Crippen LogP contribution in [0.25, 0.3) is 0 Å². The van der Waals surface area contributed by atoms with Crippen molar-refractivity contribution in [2.75, 3.05) is 16.8 Å². The van der Waals surface area contributed by atoms with E-state index in [1.807, 2.05) is 18.2 Å². The minimum absolute atomic E-state index is 0.110. The molecule has 2 aliphatic rings. The van der Waals surface area contributed by atoms with E-state index in [4.69, 9.17) is 4.74 Å². The van der Waals surface area contributed by atoms with Gasteiger partial charge in [0.25, 0.3) is 0 Å². The highest BCUT2D eigenvalue weighted by atomic mass is 19.1. The van der Waals surface area contributed by atoms with Gasteiger partial charge in [-0.15, -0.1) is 0 Å². The molecule has 1 saturated carbocycles. The van der Waals surface area contributed by atoms with Gasteiger partial charge in [-0.25, -0.2) is 9.18 Å². The second-order valence-electron chi connectivity index (χ2n) is 8.27. The van der Waals surface area contributed by atoms with E-state index in [1.54, 1.807) is 12.1 Å². The van der Waals surface area contributed by atoms with Gasteiger partial charge in [-0.1, -0.05) is 18.2 Å². The zero-order chi connectivity index (χ0) is 22.5. The maximum Gasteiger partial charge on any atom is 0.411 e. The van der Waals surface area contributed by atoms with E-state index in [2.05, 4.69) is 10.6 Å². The van der Waals surface area contributed by atoms with Crippen LogP contribution >= 0.6 is 0 Å². The van der Waals surface area contributed by atoms with Crippen LogP contribution in [0.3, 0.4) is 0 Å². The second-order valence-corrected chi connectivity index (χ2v) is 8.27. The van der Waals surface area contributed by atoms with Crippen LogP contribution in [0.5, 0.6) is 0 Å². The number of amides is 3. The van der Waals surface area contributed by atoms with Gasteiger partial charge in [0.05, 0.1) is 5.92 Å². The van der Waals surface area contributed by atoms with Crippen molar-refractivity contribution < 1.29 is 23.5 Å². The molecule has 3 atom stereocenters. The maximum absolute atomic E-state index is 13.2. The van der Waals surface area contributed by atoms with E-state index < -0.39 is 12.0 Å². The summed E-state index contributed by atoms with van der Waals surface area (Å²) in [6.45, 7) is 0.266. The number of ether oxygens (including phenoxy) is 1. The summed E-state index contributed by atoms with van der Waals surface area (Å²) in [6, 6.07) is 14.6. The topological polar surface area (TPSA) is 87.7 Å². The van der Waals surface area contributed by atoms with Crippen LogP contribution in [0.1, 0.15) is 32.1 Å². The first-order valence-electron chi connectivity index (χ1n) is 10.9. The minimum Gasteiger partial charge on any atom is -0.446 e. The molecule has 2 aromatic carbocycles. The Morgan fingerprint density at radius 2 is 1.78 bits per heavy atom. The Labute approximate surface area is 185 Å². The fraction of sp³-hybridized carbons (Fsp3) is 0.375. The first-order valence-corrected chi connectivity index (χ1v) is 10.9. The molecule has 1 heterocycles. The number of carbonyl (C=O) groups is 3. The molecule has 0 spiro atoms. The first kappa shape index (κ1) is 21.8. The maximum atomic E-state index is 13.2. The van der Waals surface area contributed by atoms with Crippen molar-refractivity contribution in [1.82, 2.24) is 5.32 Å². The van der Waals surface area contributed by atoms with E-state index in [1.165, 1.54) is 29.2 Å². The molecule has 0 unspecified atom stereocenters. The van der Waals surface area contributed by atoms with Crippen molar-refractivity contribution >= 4 is 29.3 Å². The van der Waals surface area contributed by atoms with Gasteiger partial charge in [0.15, 0.2) is 0 Å². The van der Waals surface area contributed by atoms with Crippen LogP contribution in [-0.2, 0) is 14.3 Å². The van der Waals surface area contributed by atoms with E-state index in [0.717, 1.165) is 19.3 Å². The van der Waals surface area contributed by atoms with Gasteiger partial charge >= 0.3 is 6.09 Å². The molecule has 1 aliphatic carbocycles. The molecule has 1 aliphatic heterocycles. The fourth-order valence-electron chi connectivity index (χ4n) is 4.28. The number of nitrogens with one attached hydrogen (secondary N) is 2. The van der Waals surface area contributed by atoms with Gasteiger partial charge in [0, 0.05) is 36.8 Å². The second kappa shape index (κ2) is 9.80. The number of carbonyl (C=O) groups excluding carboxylic acids is 3. The average molecular weight is 439 g/mol. The smallest absolute Gasteiger partial charge is 0.411 e. The van der Waals surface area contributed by atoms with Crippen molar-refractivity contribution in [3.8, 4) is 0 Å². The first-order chi connectivity index (χ1) is 15.5. The highest BCUT2D eigenvalue weighted by Gasteiger charge is 2.36. The quantitative estimate of drug-likeness (QED) is 0.741. The molecule has 1 saturated heterocycles. The molecule has 0 radical (unpaired) electrons. The van der Waals surface area contributed by atoms with E-state index in [9.17, 15) is 18.8 Å². The Kier molecular flexibility index (Phi) is 6.68. The molecule has 7 nitrogen and oxygen atoms in total. The number of halogens is 1. The predicted molar refractivity (Wildman–Crippen MR) is 118 cm³/mol. The van der Waals surface area contributed by atoms with Crippen molar-refractivity contribution in [2.45, 2.75) is 44.2 Å². The summed E-state index contributed by atoms with van der Waals surface area (Å²) in [6.07, 6.45) is 2.25. The van der Waals surface area contributed by atoms with Gasteiger partial charge in [0.2, 0.25) is 11.8 Å². The Morgan fingerprint density at radius 1 is 1.03 bits per heavy atom. The van der Waals surface area contributed by atoms with Crippen molar-refractivity contribution in [1.29, 1.82) is 0 Å². The summed E-state index contributed by atoms with van der Waals surface area (Å²) in [4.78, 5) is 38.8. The molecule has 0 aromatic heterocycles. The summed E-state index contributed by atoms with van der Waals surface area (Å²) < 4.78 is 18.7. The molecule has 2 aromatic rings. The van der Waals surface area contributed by atoms with Gasteiger partial charge < -0.3 is 15.0 Å². The molecule has 2 fully saturated rings. The van der Waals surface area contributed by atoms with Crippen molar-refractivity contribution in [3.63, 3.8) is 0 Å². The SMILES string of the molecule is O=C(Nc1ccccc1)O[C@@H]1CCC[C@H](NC(=O)[C@@H]2CC(=O)N(c3ccc(F)cc3)C2)C1. The third kappa shape index (κ3) is 5.43. The zero-order valence-electron chi connectivity index (χ0n) is 17.6. The Morgan fingerprint density at radius 3 is 2.53 bits per heavy atom. The van der Waals surface area contributed by atoms with Gasteiger partial charge in [-0.3, -0.25) is 14.9 Å². The molecular formula is C24H26FN3O4. The number of hydrogen-bond acceptors (Lipinski definition) is 4. The largest absolute Gasteiger partial charge is 0.446 e. The standard InChI is InChI=1S/C24H26FN3O4/c25-17-9-11-20(12-10-17)28-15-16(13-22(28)29)23(30)26-19-7-4-8-21(14-19)32-24(31)27-18-5-2-1-3-6-18/h1-3,5-6,9-12,16,19,21H,4,7-8,13-15H2,(H,26,30)(H,27,31)/t16-,19+,21-/m1/s1. The fourth-order valence-corrected chi connectivity index (χ4v) is 4.28. The predicted octanol–water partition coefficient (Wildman–Crippen LogP) is 3.85. The van der Waals surface area contributed by atoms with Crippen LogP contribution in [0.2, 0.25) is 0 Å². The lowest BCUT2D eigenvalue weighted by Crippen LogP contribution is -2.44. The van der Waals surface area contributed by atoms with Crippen molar-refractivity contribution in [3.05, 3.63) is 60.4 Å². The molecular weight excluding hydrogens is 413 g/mol. The summed E-state index contributed by atoms with van der Waals surface area (Å²) in [5.41, 5.74) is 1.25. The van der Waals surface area contributed by atoms with E-state index >= 15 is 0 Å². The van der Waals surface area contributed by atoms with E-state index in [0.29, 0.717) is 17.8 Å². The van der Waals surface area contributed by atoms with Crippen LogP contribution < -0.4 is 15.5 Å². The van der Waals surface area contributed by atoms with Crippen LogP contribution in [0.4, 0.5) is 20.6 Å². The Hall–Kier alpha value is -3.42. The monoisotopic (exact) mass is 439 g/mol. The van der Waals surface area contributed by atoms with Crippen LogP contribution in [0.15, 0.2) is 54.6 Å². The lowest BCUT2D eigenvalue weighted by atomic mass is 9.92. The Bertz CT molecular complexity index is 967. The molecule has 0 bridgehead atoms. The van der Waals surface area contributed by atoms with Crippen LogP contribution in [0, 0.1) is 11.7 Å². The summed E-state index contributed by atoms with van der Waals surface area (Å²) in [5.74, 6) is -1.17. The summed E-state index contributed by atoms with van der Waals surface area (Å²) >= 11 is 0. The third-order valence-corrected chi connectivity index (χ3v) is 5.90. The molecule has 4 rings (SSSR count). The highest BCUT2D eigenvalue weighted by molar-refractivity contribution is 6.00. The lowest BCUT2D eigenvalue weighted by Gasteiger charge is -2.30. The molecule has 168 valence electrons. The third-order valence-electron chi connectivity index (χ3n) is 5.90. The zero-order valence-corrected chi connectivity index (χ0v) is 17.6. The molecule has 3 amide bonds. The lowest BCUT2D eigenvalue weighted by molar-refractivity contribution is -0.127. The van der Waals surface area contributed by atoms with E-state index in [-0.39, 0.29) is 42.7 Å². The number of rotatable bonds is 5. The van der Waals surface area contributed by atoms with Gasteiger partial charge in [-0.2, -0.15) is 0 Å². The summed E-state index contributed by atoms with van der Waals surface area (Å²) in [5, 5.41) is 5.73. The average Bonchev–Trinajstić information content (AvgIpc) is 3.17. The molecule has 8 heteroatoms. The number of benzene rings is 2. The minimum atomic E-state index is -0.510. The van der Waals surface area contributed by atoms with Crippen LogP contribution in [-0.4, -0.2) is 36.6 Å². The van der Waals surface area contributed by atoms with Crippen molar-refractivity contribution in [2.24, 2.45) is 5.92 Å². The van der Waals surface area contributed by atoms with Gasteiger partial charge in [0.1, 0.15) is 11.9 Å².